The van der Waals surface area contributed by atoms with E-state index >= 15 is 0 Å². The van der Waals surface area contributed by atoms with E-state index in [1.165, 1.54) is 32.6 Å². The average molecular weight is 222 g/mol. The molecular weight excluding hydrogens is 212 g/mol. The van der Waals surface area contributed by atoms with Crippen LogP contribution < -0.4 is 14.9 Å². The molecule has 16 heavy (non-hydrogen) atoms. The summed E-state index contributed by atoms with van der Waals surface area (Å²) in [5.74, 6) is 0.272. The van der Waals surface area contributed by atoms with Crippen LogP contribution in [0.3, 0.4) is 0 Å². The predicted octanol–water partition coefficient (Wildman–Crippen LogP) is 1.52. The molecule has 0 saturated carbocycles. The molecule has 0 bridgehead atoms. The van der Waals surface area contributed by atoms with E-state index in [4.69, 9.17) is 13.9 Å². The van der Waals surface area contributed by atoms with Crippen molar-refractivity contribution in [2.45, 2.75) is 0 Å². The first-order chi connectivity index (χ1) is 7.67. The second-order valence-electron chi connectivity index (χ2n) is 3.15. The predicted molar refractivity (Wildman–Crippen MR) is 57.3 cm³/mol. The van der Waals surface area contributed by atoms with Crippen LogP contribution in [-0.4, -0.2) is 19.3 Å². The number of phenolic OH excluding ortho intramolecular Hbond substituents is 1. The van der Waals surface area contributed by atoms with Gasteiger partial charge in [0.1, 0.15) is 28.7 Å². The number of methoxy groups -OCH3 is 2. The van der Waals surface area contributed by atoms with Crippen molar-refractivity contribution in [3.63, 3.8) is 0 Å². The second-order valence-corrected chi connectivity index (χ2v) is 3.15. The Morgan fingerprint density at radius 3 is 2.62 bits per heavy atom. The van der Waals surface area contributed by atoms with Gasteiger partial charge >= 0.3 is 0 Å². The van der Waals surface area contributed by atoms with Crippen LogP contribution in [0.4, 0.5) is 0 Å². The number of fused-ring (bicyclic) bond motifs is 1. The van der Waals surface area contributed by atoms with Gasteiger partial charge in [0.2, 0.25) is 11.2 Å². The third-order valence-corrected chi connectivity index (χ3v) is 2.25. The Kier molecular flexibility index (Phi) is 2.44. The van der Waals surface area contributed by atoms with E-state index in [2.05, 4.69) is 0 Å². The van der Waals surface area contributed by atoms with Gasteiger partial charge in [0.25, 0.3) is 0 Å². The van der Waals surface area contributed by atoms with Crippen molar-refractivity contribution in [3.05, 3.63) is 28.6 Å². The molecule has 0 saturated heterocycles. The number of benzene rings is 1. The minimum atomic E-state index is -0.413. The molecule has 0 aliphatic rings. The number of aromatic hydroxyl groups is 1. The molecular formula is C11H10O5. The minimum Gasteiger partial charge on any atom is -0.507 e. The van der Waals surface area contributed by atoms with Gasteiger partial charge in [0, 0.05) is 12.1 Å². The van der Waals surface area contributed by atoms with Gasteiger partial charge in [0.15, 0.2) is 0 Å². The summed E-state index contributed by atoms with van der Waals surface area (Å²) in [5.41, 5.74) is -0.161. The van der Waals surface area contributed by atoms with Gasteiger partial charge in [-0.05, 0) is 0 Å². The van der Waals surface area contributed by atoms with Crippen molar-refractivity contribution in [2.75, 3.05) is 14.2 Å². The molecule has 0 unspecified atom stereocenters. The summed E-state index contributed by atoms with van der Waals surface area (Å²) >= 11 is 0. The summed E-state index contributed by atoms with van der Waals surface area (Å²) in [6.45, 7) is 0. The van der Waals surface area contributed by atoms with Crippen LogP contribution in [0.5, 0.6) is 17.2 Å². The molecule has 5 nitrogen and oxygen atoms in total. The summed E-state index contributed by atoms with van der Waals surface area (Å²) in [7, 11) is 2.82. The van der Waals surface area contributed by atoms with Crippen molar-refractivity contribution in [1.29, 1.82) is 0 Å². The number of phenols is 1. The van der Waals surface area contributed by atoms with Crippen LogP contribution in [0.25, 0.3) is 11.0 Å². The first-order valence-corrected chi connectivity index (χ1v) is 4.54. The maximum absolute atomic E-state index is 11.8. The Balaban J connectivity index is 2.85. The van der Waals surface area contributed by atoms with Gasteiger partial charge in [-0.3, -0.25) is 4.79 Å². The highest BCUT2D eigenvalue weighted by molar-refractivity contribution is 5.85. The fourth-order valence-electron chi connectivity index (χ4n) is 1.45. The van der Waals surface area contributed by atoms with Crippen LogP contribution in [-0.2, 0) is 0 Å². The molecule has 0 aliphatic heterocycles. The highest BCUT2D eigenvalue weighted by atomic mass is 16.5. The quantitative estimate of drug-likeness (QED) is 0.834. The molecule has 84 valence electrons. The summed E-state index contributed by atoms with van der Waals surface area (Å²) in [4.78, 5) is 11.8. The molecule has 1 N–H and O–H groups in total. The van der Waals surface area contributed by atoms with Crippen LogP contribution in [0.2, 0.25) is 0 Å². The topological polar surface area (TPSA) is 68.9 Å². The van der Waals surface area contributed by atoms with E-state index in [1.807, 2.05) is 0 Å². The molecule has 0 fully saturated rings. The fourth-order valence-corrected chi connectivity index (χ4v) is 1.45. The number of hydrogen-bond donors (Lipinski definition) is 1. The van der Waals surface area contributed by atoms with E-state index in [0.717, 1.165) is 0 Å². The van der Waals surface area contributed by atoms with E-state index in [1.54, 1.807) is 0 Å². The van der Waals surface area contributed by atoms with Gasteiger partial charge in [-0.1, -0.05) is 0 Å². The van der Waals surface area contributed by atoms with Crippen LogP contribution in [0.15, 0.2) is 27.6 Å². The maximum atomic E-state index is 11.8. The molecule has 0 aliphatic carbocycles. The van der Waals surface area contributed by atoms with Crippen molar-refractivity contribution >= 4 is 11.0 Å². The van der Waals surface area contributed by atoms with E-state index < -0.39 is 5.43 Å². The molecule has 5 heteroatoms. The zero-order valence-electron chi connectivity index (χ0n) is 8.81. The summed E-state index contributed by atoms with van der Waals surface area (Å²) in [6, 6.07) is 2.87. The van der Waals surface area contributed by atoms with Crippen LogP contribution in [0.1, 0.15) is 0 Å². The normalized spacial score (nSPS) is 10.4. The summed E-state index contributed by atoms with van der Waals surface area (Å²) < 4.78 is 14.9. The van der Waals surface area contributed by atoms with Gasteiger partial charge in [-0.25, -0.2) is 0 Å². The van der Waals surface area contributed by atoms with Crippen molar-refractivity contribution in [3.8, 4) is 17.2 Å². The zero-order chi connectivity index (χ0) is 11.7. The molecule has 0 radical (unpaired) electrons. The maximum Gasteiger partial charge on any atom is 0.238 e. The largest absolute Gasteiger partial charge is 0.507 e. The molecule has 2 aromatic rings. The Hall–Kier alpha value is -2.17. The molecule has 1 aromatic heterocycles. The highest BCUT2D eigenvalue weighted by Gasteiger charge is 2.12. The Morgan fingerprint density at radius 2 is 2.00 bits per heavy atom. The molecule has 0 spiro atoms. The van der Waals surface area contributed by atoms with Crippen LogP contribution >= 0.6 is 0 Å². The van der Waals surface area contributed by atoms with Crippen molar-refractivity contribution in [2.24, 2.45) is 0 Å². The van der Waals surface area contributed by atoms with E-state index in [0.29, 0.717) is 5.75 Å². The van der Waals surface area contributed by atoms with Crippen LogP contribution in [0, 0.1) is 0 Å². The number of rotatable bonds is 2. The van der Waals surface area contributed by atoms with E-state index in [9.17, 15) is 9.90 Å². The molecule has 0 amide bonds. The van der Waals surface area contributed by atoms with E-state index in [-0.39, 0.29) is 22.5 Å². The second kappa shape index (κ2) is 3.77. The van der Waals surface area contributed by atoms with Gasteiger partial charge in [-0.15, -0.1) is 0 Å². The fraction of sp³-hybridized carbons (Fsp3) is 0.182. The van der Waals surface area contributed by atoms with Crippen molar-refractivity contribution in [1.82, 2.24) is 0 Å². The molecule has 1 heterocycles. The first kappa shape index (κ1) is 10.4. The molecule has 2 rings (SSSR count). The zero-order valence-corrected chi connectivity index (χ0v) is 8.81. The van der Waals surface area contributed by atoms with Gasteiger partial charge in [-0.2, -0.15) is 0 Å². The SMILES string of the molecule is COc1cc(O)c2c(=O)c(OC)coc2c1. The monoisotopic (exact) mass is 222 g/mol. The van der Waals surface area contributed by atoms with Crippen molar-refractivity contribution < 1.29 is 19.0 Å². The summed E-state index contributed by atoms with van der Waals surface area (Å²) in [5, 5.41) is 9.77. The smallest absolute Gasteiger partial charge is 0.238 e. The number of hydrogen-bond acceptors (Lipinski definition) is 5. The Labute approximate surface area is 90.8 Å². The standard InChI is InChI=1S/C11H10O5/c1-14-6-3-7(12)10-8(4-6)16-5-9(15-2)11(10)13/h3-5,12H,1-2H3. The average Bonchev–Trinajstić information content (AvgIpc) is 2.28. The third kappa shape index (κ3) is 1.46. The lowest BCUT2D eigenvalue weighted by atomic mass is 10.2. The first-order valence-electron chi connectivity index (χ1n) is 4.54. The summed E-state index contributed by atoms with van der Waals surface area (Å²) in [6.07, 6.45) is 1.20. The number of ether oxygens (including phenoxy) is 2. The lowest BCUT2D eigenvalue weighted by Crippen LogP contribution is -2.05. The highest BCUT2D eigenvalue weighted by Crippen LogP contribution is 2.29. The minimum absolute atomic E-state index is 0.0490. The lowest BCUT2D eigenvalue weighted by Gasteiger charge is -2.05. The third-order valence-electron chi connectivity index (χ3n) is 2.25. The molecule has 1 aromatic carbocycles. The Bertz CT molecular complexity index is 585. The lowest BCUT2D eigenvalue weighted by molar-refractivity contribution is 0.390. The Morgan fingerprint density at radius 1 is 1.25 bits per heavy atom. The van der Waals surface area contributed by atoms with Gasteiger partial charge in [0.05, 0.1) is 14.2 Å². The van der Waals surface area contributed by atoms with Gasteiger partial charge < -0.3 is 19.0 Å². The molecule has 0 atom stereocenters.